The predicted molar refractivity (Wildman–Crippen MR) is 141 cm³/mol. The van der Waals surface area contributed by atoms with Crippen molar-refractivity contribution in [1.82, 2.24) is 4.98 Å². The Morgan fingerprint density at radius 3 is 2.58 bits per heavy atom. The van der Waals surface area contributed by atoms with Crippen LogP contribution in [0.2, 0.25) is 0 Å². The van der Waals surface area contributed by atoms with Crippen molar-refractivity contribution in [1.29, 1.82) is 0 Å². The number of benzene rings is 2. The molecular formula is C28H27FN2O6S. The van der Waals surface area contributed by atoms with Crippen molar-refractivity contribution < 1.29 is 33.4 Å². The largest absolute Gasteiger partial charge is 0.507 e. The number of hydrogen-bond acceptors (Lipinski definition) is 8. The number of carbonyl (C=O) groups excluding carboxylic acids is 3. The molecule has 1 amide bonds. The number of rotatable bonds is 9. The first-order valence-corrected chi connectivity index (χ1v) is 13.0. The van der Waals surface area contributed by atoms with Gasteiger partial charge >= 0.3 is 11.9 Å². The SMILES string of the molecule is CCCCOc1cccc(C2C(=C(O)c3ccc(F)cc3)C(=O)C(=O)N2c2nc(C)c(C(=O)OCC)s2)c1. The molecule has 1 aliphatic rings. The maximum Gasteiger partial charge on any atom is 0.350 e. The van der Waals surface area contributed by atoms with Crippen molar-refractivity contribution in [2.75, 3.05) is 18.1 Å². The zero-order chi connectivity index (χ0) is 27.4. The zero-order valence-corrected chi connectivity index (χ0v) is 22.0. The standard InChI is InChI=1S/C28H27FN2O6S/c1-4-6-14-37-20-9-7-8-18(15-20)22-21(23(32)17-10-12-19(29)13-11-17)24(33)26(34)31(22)28-30-16(3)25(38-28)27(35)36-5-2/h7-13,15,22,32H,4-6,14H2,1-3H3. The van der Waals surface area contributed by atoms with Crippen LogP contribution in [0.3, 0.4) is 0 Å². The summed E-state index contributed by atoms with van der Waals surface area (Å²) in [7, 11) is 0. The van der Waals surface area contributed by atoms with Crippen LogP contribution in [0.15, 0.2) is 54.1 Å². The molecular weight excluding hydrogens is 511 g/mol. The topological polar surface area (TPSA) is 106 Å². The Morgan fingerprint density at radius 1 is 1.16 bits per heavy atom. The van der Waals surface area contributed by atoms with Gasteiger partial charge in [-0.2, -0.15) is 0 Å². The van der Waals surface area contributed by atoms with E-state index in [0.717, 1.165) is 36.3 Å². The number of nitrogens with zero attached hydrogens (tertiary/aromatic N) is 2. The van der Waals surface area contributed by atoms with Crippen LogP contribution >= 0.6 is 11.3 Å². The van der Waals surface area contributed by atoms with Crippen LogP contribution in [0.25, 0.3) is 5.76 Å². The first-order valence-electron chi connectivity index (χ1n) is 12.2. The van der Waals surface area contributed by atoms with Crippen molar-refractivity contribution in [3.8, 4) is 5.75 Å². The summed E-state index contributed by atoms with van der Waals surface area (Å²) in [4.78, 5) is 44.9. The molecule has 1 aromatic heterocycles. The fourth-order valence-corrected chi connectivity index (χ4v) is 5.08. The number of unbranched alkanes of at least 4 members (excludes halogenated alkanes) is 1. The molecule has 0 aliphatic carbocycles. The van der Waals surface area contributed by atoms with E-state index in [1.807, 2.05) is 6.92 Å². The van der Waals surface area contributed by atoms with Gasteiger partial charge in [-0.1, -0.05) is 36.8 Å². The van der Waals surface area contributed by atoms with E-state index in [2.05, 4.69) is 4.98 Å². The fraction of sp³-hybridized carbons (Fsp3) is 0.286. The van der Waals surface area contributed by atoms with Crippen molar-refractivity contribution in [2.24, 2.45) is 0 Å². The number of ketones is 1. The number of esters is 1. The van der Waals surface area contributed by atoms with E-state index >= 15 is 0 Å². The molecule has 0 bridgehead atoms. The Labute approximate surface area is 223 Å². The fourth-order valence-electron chi connectivity index (χ4n) is 4.09. The van der Waals surface area contributed by atoms with Gasteiger partial charge in [-0.05, 0) is 62.2 Å². The van der Waals surface area contributed by atoms with Crippen LogP contribution in [0.4, 0.5) is 9.52 Å². The number of Topliss-reactive ketones (excluding diaryl/α,β-unsaturated/α-hetero) is 1. The molecule has 1 atom stereocenters. The highest BCUT2D eigenvalue weighted by Gasteiger charge is 2.48. The van der Waals surface area contributed by atoms with Crippen molar-refractivity contribution in [2.45, 2.75) is 39.7 Å². The molecule has 0 saturated carbocycles. The first kappa shape index (κ1) is 27.0. The second-order valence-electron chi connectivity index (χ2n) is 8.58. The van der Waals surface area contributed by atoms with Crippen molar-refractivity contribution in [3.05, 3.63) is 81.6 Å². The van der Waals surface area contributed by atoms with Crippen molar-refractivity contribution >= 4 is 39.9 Å². The molecule has 8 nitrogen and oxygen atoms in total. The third-order valence-electron chi connectivity index (χ3n) is 5.95. The summed E-state index contributed by atoms with van der Waals surface area (Å²) in [6.07, 6.45) is 1.80. The molecule has 1 aliphatic heterocycles. The van der Waals surface area contributed by atoms with Gasteiger partial charge in [-0.25, -0.2) is 14.2 Å². The molecule has 2 aromatic carbocycles. The average molecular weight is 539 g/mol. The summed E-state index contributed by atoms with van der Waals surface area (Å²) in [5, 5.41) is 11.3. The Bertz CT molecular complexity index is 1400. The molecule has 1 unspecified atom stereocenters. The summed E-state index contributed by atoms with van der Waals surface area (Å²) in [5.74, 6) is -2.86. The van der Waals surface area contributed by atoms with Crippen LogP contribution in [-0.2, 0) is 14.3 Å². The van der Waals surface area contributed by atoms with Gasteiger partial charge in [0.1, 0.15) is 22.2 Å². The number of amides is 1. The van der Waals surface area contributed by atoms with Crippen molar-refractivity contribution in [3.63, 3.8) is 0 Å². The summed E-state index contributed by atoms with van der Waals surface area (Å²) in [6, 6.07) is 10.8. The lowest BCUT2D eigenvalue weighted by Crippen LogP contribution is -2.29. The minimum absolute atomic E-state index is 0.105. The van der Waals surface area contributed by atoms with Gasteiger partial charge in [0.25, 0.3) is 5.78 Å². The number of carbonyl (C=O) groups is 3. The third kappa shape index (κ3) is 5.31. The second kappa shape index (κ2) is 11.6. The molecule has 4 rings (SSSR count). The average Bonchev–Trinajstić information content (AvgIpc) is 3.41. The summed E-state index contributed by atoms with van der Waals surface area (Å²) < 4.78 is 24.5. The van der Waals surface area contributed by atoms with Gasteiger partial charge in [0.2, 0.25) is 0 Å². The molecule has 2 heterocycles. The molecule has 10 heteroatoms. The van der Waals surface area contributed by atoms with E-state index in [1.54, 1.807) is 38.1 Å². The van der Waals surface area contributed by atoms with Crippen LogP contribution in [-0.4, -0.2) is 41.0 Å². The Morgan fingerprint density at radius 2 is 1.89 bits per heavy atom. The van der Waals surface area contributed by atoms with Crippen LogP contribution < -0.4 is 9.64 Å². The number of halogens is 1. The molecule has 38 heavy (non-hydrogen) atoms. The first-order chi connectivity index (χ1) is 18.3. The molecule has 198 valence electrons. The lowest BCUT2D eigenvalue weighted by Gasteiger charge is -2.23. The predicted octanol–water partition coefficient (Wildman–Crippen LogP) is 5.57. The molecule has 0 spiro atoms. The monoisotopic (exact) mass is 538 g/mol. The molecule has 1 fully saturated rings. The number of aromatic nitrogens is 1. The lowest BCUT2D eigenvalue weighted by molar-refractivity contribution is -0.132. The second-order valence-corrected chi connectivity index (χ2v) is 9.56. The van der Waals surface area contributed by atoms with Crippen LogP contribution in [0, 0.1) is 12.7 Å². The number of ether oxygens (including phenoxy) is 2. The number of aliphatic hydroxyl groups is 1. The van der Waals surface area contributed by atoms with E-state index in [1.165, 1.54) is 17.0 Å². The van der Waals surface area contributed by atoms with E-state index in [-0.39, 0.29) is 27.8 Å². The highest BCUT2D eigenvalue weighted by Crippen LogP contribution is 2.44. The Kier molecular flexibility index (Phi) is 8.21. The number of anilines is 1. The van der Waals surface area contributed by atoms with Gasteiger partial charge in [-0.15, -0.1) is 0 Å². The van der Waals surface area contributed by atoms with Crippen LogP contribution in [0.1, 0.15) is 59.2 Å². The van der Waals surface area contributed by atoms with Gasteiger partial charge in [0.15, 0.2) is 5.13 Å². The summed E-state index contributed by atoms with van der Waals surface area (Å²) in [6.45, 7) is 5.99. The van der Waals surface area contributed by atoms with Gasteiger partial charge < -0.3 is 14.6 Å². The minimum Gasteiger partial charge on any atom is -0.507 e. The van der Waals surface area contributed by atoms with E-state index in [9.17, 15) is 23.9 Å². The summed E-state index contributed by atoms with van der Waals surface area (Å²) >= 11 is 0.924. The number of aliphatic hydroxyl groups excluding tert-OH is 1. The normalized spacial score (nSPS) is 16.6. The van der Waals surface area contributed by atoms with Gasteiger partial charge in [0, 0.05) is 5.56 Å². The highest BCUT2D eigenvalue weighted by molar-refractivity contribution is 7.17. The van der Waals surface area contributed by atoms with Gasteiger partial charge in [0.05, 0.1) is 30.5 Å². The van der Waals surface area contributed by atoms with E-state index in [4.69, 9.17) is 9.47 Å². The molecule has 3 aromatic rings. The number of aryl methyl sites for hydroxylation is 1. The highest BCUT2D eigenvalue weighted by atomic mass is 32.1. The van der Waals surface area contributed by atoms with E-state index < -0.39 is 35.3 Å². The van der Waals surface area contributed by atoms with Crippen LogP contribution in [0.5, 0.6) is 5.75 Å². The third-order valence-corrected chi connectivity index (χ3v) is 7.09. The van der Waals surface area contributed by atoms with Gasteiger partial charge in [-0.3, -0.25) is 14.5 Å². The molecule has 1 saturated heterocycles. The van der Waals surface area contributed by atoms with E-state index in [0.29, 0.717) is 23.6 Å². The molecule has 0 radical (unpaired) electrons. The minimum atomic E-state index is -1.07. The molecule has 1 N–H and O–H groups in total. The maximum atomic E-state index is 13.5. The Hall–Kier alpha value is -4.05. The number of hydrogen-bond donors (Lipinski definition) is 1. The zero-order valence-electron chi connectivity index (χ0n) is 21.2. The maximum absolute atomic E-state index is 13.5. The Balaban J connectivity index is 1.87. The quantitative estimate of drug-likeness (QED) is 0.125. The smallest absolute Gasteiger partial charge is 0.350 e. The summed E-state index contributed by atoms with van der Waals surface area (Å²) in [5.41, 5.74) is 0.830. The lowest BCUT2D eigenvalue weighted by atomic mass is 9.95. The number of thiazole rings is 1.